The minimum atomic E-state index is -0.538. The van der Waals surface area contributed by atoms with E-state index >= 15 is 0 Å². The Hall–Kier alpha value is -6.53. The highest BCUT2D eigenvalue weighted by molar-refractivity contribution is 7.22. The number of hydrogen-bond acceptors (Lipinski definition) is 12. The number of carbonyl (C=O) groups is 3. The van der Waals surface area contributed by atoms with E-state index in [2.05, 4.69) is 26.5 Å². The van der Waals surface area contributed by atoms with Crippen LogP contribution in [0.3, 0.4) is 0 Å². The fraction of sp³-hybridized carbons (Fsp3) is 0.352. The van der Waals surface area contributed by atoms with E-state index in [0.717, 1.165) is 96.4 Å². The molecule has 6 rings (SSSR count). The molecule has 0 atom stereocenters. The molecule has 66 heavy (non-hydrogen) atoms. The van der Waals surface area contributed by atoms with Crippen LogP contribution in [-0.4, -0.2) is 55.5 Å². The molecule has 1 aromatic heterocycles. The predicted molar refractivity (Wildman–Crippen MR) is 265 cm³/mol. The van der Waals surface area contributed by atoms with Crippen molar-refractivity contribution in [3.8, 4) is 23.0 Å². The average Bonchev–Trinajstić information content (AvgIpc) is 3.78. The molecule has 12 heteroatoms. The number of thiazole rings is 1. The van der Waals surface area contributed by atoms with Gasteiger partial charge in [-0.1, -0.05) is 94.9 Å². The maximum absolute atomic E-state index is 13.7. The first-order chi connectivity index (χ1) is 32.3. The standard InChI is InChI=1S/C54H61N3O8S/c1-4-7-9-11-17-33-61-45-27-22-40(23-28-45)52(59)64-47-31-26-42-38-49(65-53(60)41-24-29-46(30-25-41)62-34-18-12-13-19-35-63-51(58)6-3)44(36-43(42)37-47)39-55-57(32-16-10-8-5-2)54-56-48-20-14-15-21-50(48)66-54/h6,14-15,20-31,36-39H,3-5,7-13,16-19,32-35H2,1-2H3/b55-39+. The van der Waals surface area contributed by atoms with Crippen molar-refractivity contribution in [1.82, 2.24) is 4.98 Å². The number of esters is 3. The Labute approximate surface area is 392 Å². The number of aromatic nitrogens is 1. The van der Waals surface area contributed by atoms with Crippen LogP contribution < -0.4 is 24.0 Å². The Bertz CT molecular complexity index is 2480. The monoisotopic (exact) mass is 911 g/mol. The normalized spacial score (nSPS) is 11.2. The summed E-state index contributed by atoms with van der Waals surface area (Å²) < 4.78 is 29.9. The van der Waals surface area contributed by atoms with Crippen molar-refractivity contribution >= 4 is 61.6 Å². The highest BCUT2D eigenvalue weighted by Crippen LogP contribution is 2.32. The smallest absolute Gasteiger partial charge is 0.343 e. The zero-order valence-corrected chi connectivity index (χ0v) is 39.0. The molecule has 11 nitrogen and oxygen atoms in total. The third-order valence-corrected chi connectivity index (χ3v) is 11.9. The summed E-state index contributed by atoms with van der Waals surface area (Å²) in [6.45, 7) is 9.99. The molecule has 0 unspecified atom stereocenters. The number of para-hydroxylation sites is 1. The van der Waals surface area contributed by atoms with Crippen LogP contribution in [0.25, 0.3) is 21.0 Å². The zero-order chi connectivity index (χ0) is 46.4. The molecule has 0 aliphatic carbocycles. The van der Waals surface area contributed by atoms with E-state index in [-0.39, 0.29) is 0 Å². The lowest BCUT2D eigenvalue weighted by Crippen LogP contribution is -2.18. The first-order valence-corrected chi connectivity index (χ1v) is 24.1. The molecule has 0 fully saturated rings. The summed E-state index contributed by atoms with van der Waals surface area (Å²) in [5.41, 5.74) is 2.23. The van der Waals surface area contributed by atoms with Gasteiger partial charge in [0.1, 0.15) is 23.0 Å². The summed E-state index contributed by atoms with van der Waals surface area (Å²) in [6.07, 6.45) is 16.4. The van der Waals surface area contributed by atoms with Crippen molar-refractivity contribution in [1.29, 1.82) is 0 Å². The minimum absolute atomic E-state index is 0.319. The molecule has 6 aromatic rings. The van der Waals surface area contributed by atoms with Crippen LogP contribution in [0.4, 0.5) is 5.13 Å². The number of unbranched alkanes of at least 4 members (excludes halogenated alkanes) is 10. The van der Waals surface area contributed by atoms with Crippen molar-refractivity contribution in [2.75, 3.05) is 31.4 Å². The number of rotatable bonds is 28. The van der Waals surface area contributed by atoms with Gasteiger partial charge in [-0.2, -0.15) is 5.10 Å². The van der Waals surface area contributed by atoms with Gasteiger partial charge in [0.2, 0.25) is 5.13 Å². The highest BCUT2D eigenvalue weighted by atomic mass is 32.1. The Morgan fingerprint density at radius 3 is 1.86 bits per heavy atom. The van der Waals surface area contributed by atoms with E-state index in [4.69, 9.17) is 33.8 Å². The third kappa shape index (κ3) is 15.3. The summed E-state index contributed by atoms with van der Waals surface area (Å²) in [6, 6.07) is 30.9. The zero-order valence-electron chi connectivity index (χ0n) is 38.2. The second kappa shape index (κ2) is 26.4. The van der Waals surface area contributed by atoms with E-state index in [1.54, 1.807) is 84.3 Å². The van der Waals surface area contributed by atoms with Gasteiger partial charge in [-0.15, -0.1) is 0 Å². The summed E-state index contributed by atoms with van der Waals surface area (Å²) >= 11 is 1.58. The van der Waals surface area contributed by atoms with Crippen LogP contribution in [0.5, 0.6) is 23.0 Å². The average molecular weight is 912 g/mol. The maximum atomic E-state index is 13.7. The Balaban J connectivity index is 1.17. The minimum Gasteiger partial charge on any atom is -0.494 e. The molecule has 0 N–H and O–H groups in total. The molecule has 0 saturated carbocycles. The van der Waals surface area contributed by atoms with Gasteiger partial charge in [0.05, 0.1) is 47.4 Å². The molecule has 0 bridgehead atoms. The van der Waals surface area contributed by atoms with E-state index in [1.165, 1.54) is 19.3 Å². The summed E-state index contributed by atoms with van der Waals surface area (Å²) in [7, 11) is 0. The van der Waals surface area contributed by atoms with Crippen molar-refractivity contribution in [2.45, 2.75) is 97.3 Å². The van der Waals surface area contributed by atoms with Gasteiger partial charge in [-0.05, 0) is 134 Å². The summed E-state index contributed by atoms with van der Waals surface area (Å²) in [5, 5.41) is 9.19. The van der Waals surface area contributed by atoms with Crippen LogP contribution in [-0.2, 0) is 9.53 Å². The predicted octanol–water partition coefficient (Wildman–Crippen LogP) is 13.3. The number of hydrazone groups is 1. The molecule has 0 radical (unpaired) electrons. The van der Waals surface area contributed by atoms with Crippen molar-refractivity contribution in [2.24, 2.45) is 5.10 Å². The number of carbonyl (C=O) groups excluding carboxylic acids is 3. The van der Waals surface area contributed by atoms with Gasteiger partial charge < -0.3 is 23.7 Å². The van der Waals surface area contributed by atoms with Crippen LogP contribution in [0.1, 0.15) is 124 Å². The van der Waals surface area contributed by atoms with E-state index in [1.807, 2.05) is 35.3 Å². The van der Waals surface area contributed by atoms with Crippen LogP contribution in [0.15, 0.2) is 121 Å². The summed E-state index contributed by atoms with van der Waals surface area (Å²) in [4.78, 5) is 43.1. The molecule has 0 spiro atoms. The number of ether oxygens (including phenoxy) is 5. The van der Waals surface area contributed by atoms with Gasteiger partial charge in [0.15, 0.2) is 0 Å². The Morgan fingerprint density at radius 1 is 0.636 bits per heavy atom. The lowest BCUT2D eigenvalue weighted by atomic mass is 10.1. The molecule has 5 aromatic carbocycles. The Morgan fingerprint density at radius 2 is 1.23 bits per heavy atom. The van der Waals surface area contributed by atoms with Gasteiger partial charge in [-0.3, -0.25) is 0 Å². The largest absolute Gasteiger partial charge is 0.494 e. The topological polar surface area (TPSA) is 126 Å². The fourth-order valence-corrected chi connectivity index (χ4v) is 8.04. The molecule has 0 aliphatic rings. The molecule has 0 aliphatic heterocycles. The van der Waals surface area contributed by atoms with Crippen molar-refractivity contribution in [3.05, 3.63) is 132 Å². The van der Waals surface area contributed by atoms with Crippen LogP contribution >= 0.6 is 11.3 Å². The van der Waals surface area contributed by atoms with Crippen molar-refractivity contribution in [3.63, 3.8) is 0 Å². The number of nitrogens with zero attached hydrogens (tertiary/aromatic N) is 3. The molecule has 1 heterocycles. The molecule has 0 amide bonds. The summed E-state index contributed by atoms with van der Waals surface area (Å²) in [5.74, 6) is 0.617. The van der Waals surface area contributed by atoms with E-state index in [0.29, 0.717) is 66.1 Å². The molecule has 0 saturated heterocycles. The second-order valence-electron chi connectivity index (χ2n) is 16.0. The van der Waals surface area contributed by atoms with Gasteiger partial charge in [0.25, 0.3) is 0 Å². The number of fused-ring (bicyclic) bond motifs is 2. The van der Waals surface area contributed by atoms with Gasteiger partial charge >= 0.3 is 17.9 Å². The number of hydrogen-bond donors (Lipinski definition) is 0. The van der Waals surface area contributed by atoms with E-state index < -0.39 is 17.9 Å². The fourth-order valence-electron chi connectivity index (χ4n) is 7.09. The number of anilines is 1. The van der Waals surface area contributed by atoms with E-state index in [9.17, 15) is 14.4 Å². The van der Waals surface area contributed by atoms with Crippen molar-refractivity contribution < 1.29 is 38.1 Å². The highest BCUT2D eigenvalue weighted by Gasteiger charge is 2.17. The second-order valence-corrected chi connectivity index (χ2v) is 17.0. The lowest BCUT2D eigenvalue weighted by Gasteiger charge is -2.16. The molecular formula is C54H61N3O8S. The quantitative estimate of drug-likeness (QED) is 0.0117. The maximum Gasteiger partial charge on any atom is 0.343 e. The van der Waals surface area contributed by atoms with Crippen LogP contribution in [0.2, 0.25) is 0 Å². The molecular weight excluding hydrogens is 851 g/mol. The first-order valence-electron chi connectivity index (χ1n) is 23.3. The third-order valence-electron chi connectivity index (χ3n) is 10.8. The molecule has 346 valence electrons. The van der Waals surface area contributed by atoms with Gasteiger partial charge in [-0.25, -0.2) is 24.4 Å². The van der Waals surface area contributed by atoms with Crippen LogP contribution in [0, 0.1) is 0 Å². The first kappa shape index (κ1) is 48.9. The van der Waals surface area contributed by atoms with Gasteiger partial charge in [0, 0.05) is 18.2 Å². The lowest BCUT2D eigenvalue weighted by molar-refractivity contribution is -0.137. The SMILES string of the molecule is C=CC(=O)OCCCCCCOc1ccc(C(=O)Oc2cc3ccc(OC(=O)c4ccc(OCCCCCCC)cc4)cc3cc2/C=N/N(CCCCCC)c2nc3ccccc3s2)cc1. The Kier molecular flexibility index (Phi) is 19.6. The number of benzene rings is 5.